The summed E-state index contributed by atoms with van der Waals surface area (Å²) in [5, 5.41) is 9.51. The van der Waals surface area contributed by atoms with Gasteiger partial charge >= 0.3 is 5.97 Å². The predicted molar refractivity (Wildman–Crippen MR) is 140 cm³/mol. The van der Waals surface area contributed by atoms with E-state index >= 15 is 0 Å². The molecule has 2 aromatic heterocycles. The van der Waals surface area contributed by atoms with E-state index in [-0.39, 0.29) is 23.5 Å². The van der Waals surface area contributed by atoms with Gasteiger partial charge in [-0.25, -0.2) is 19.2 Å². The van der Waals surface area contributed by atoms with E-state index in [9.17, 15) is 14.3 Å². The lowest BCUT2D eigenvalue weighted by molar-refractivity contribution is 0.0696. The fraction of sp³-hybridized carbons (Fsp3) is 0.385. The Labute approximate surface area is 219 Å². The van der Waals surface area contributed by atoms with Crippen LogP contribution in [-0.4, -0.2) is 77.5 Å². The number of rotatable bonds is 5. The van der Waals surface area contributed by atoms with Gasteiger partial charge in [-0.15, -0.1) is 0 Å². The first-order chi connectivity index (χ1) is 17.8. The van der Waals surface area contributed by atoms with Gasteiger partial charge in [0.15, 0.2) is 0 Å². The molecule has 4 heterocycles. The maximum absolute atomic E-state index is 13.6. The molecule has 2 atom stereocenters. The molecule has 2 aliphatic rings. The van der Waals surface area contributed by atoms with E-state index in [4.69, 9.17) is 26.3 Å². The van der Waals surface area contributed by atoms with Crippen molar-refractivity contribution < 1.29 is 19.0 Å². The van der Waals surface area contributed by atoms with E-state index in [0.29, 0.717) is 56.2 Å². The first-order valence-electron chi connectivity index (χ1n) is 12.2. The summed E-state index contributed by atoms with van der Waals surface area (Å²) in [7, 11) is 0. The highest BCUT2D eigenvalue weighted by Gasteiger charge is 2.29. The van der Waals surface area contributed by atoms with Crippen molar-refractivity contribution in [2.24, 2.45) is 0 Å². The molecule has 0 aliphatic carbocycles. The number of hydrogen-bond acceptors (Lipinski definition) is 8. The summed E-state index contributed by atoms with van der Waals surface area (Å²) in [4.78, 5) is 31.8. The minimum absolute atomic E-state index is 0.0525. The molecule has 2 fully saturated rings. The van der Waals surface area contributed by atoms with E-state index in [0.717, 1.165) is 17.1 Å². The number of pyridine rings is 1. The SMILES string of the molecule is C[C@@H]1CN(c2ncc(C(=O)O)cc2Cl)CCN1c1cc(-c2ccc(F)cc2)nc(N2CCOC[C@H]2C)n1. The fourth-order valence-electron chi connectivity index (χ4n) is 4.76. The molecule has 0 spiro atoms. The third-order valence-electron chi connectivity index (χ3n) is 6.76. The van der Waals surface area contributed by atoms with Crippen molar-refractivity contribution in [3.8, 4) is 11.3 Å². The van der Waals surface area contributed by atoms with Crippen LogP contribution in [0.25, 0.3) is 11.3 Å². The highest BCUT2D eigenvalue weighted by Crippen LogP contribution is 2.31. The minimum atomic E-state index is -1.06. The Bertz CT molecular complexity index is 1290. The molecule has 0 amide bonds. The summed E-state index contributed by atoms with van der Waals surface area (Å²) in [5.74, 6) is 0.612. The van der Waals surface area contributed by atoms with Crippen LogP contribution in [0.2, 0.25) is 5.02 Å². The molecule has 5 rings (SSSR count). The molecule has 37 heavy (non-hydrogen) atoms. The zero-order valence-corrected chi connectivity index (χ0v) is 21.4. The first kappa shape index (κ1) is 25.2. The van der Waals surface area contributed by atoms with E-state index < -0.39 is 5.97 Å². The Hall–Kier alpha value is -3.50. The summed E-state index contributed by atoms with van der Waals surface area (Å²) >= 11 is 6.38. The van der Waals surface area contributed by atoms with Gasteiger partial charge in [0, 0.05) is 50.0 Å². The van der Waals surface area contributed by atoms with Gasteiger partial charge in [-0.3, -0.25) is 0 Å². The molecular formula is C26H28ClFN6O3. The average Bonchev–Trinajstić information content (AvgIpc) is 2.89. The van der Waals surface area contributed by atoms with E-state index in [1.165, 1.54) is 24.4 Å². The predicted octanol–water partition coefficient (Wildman–Crippen LogP) is 3.97. The average molecular weight is 527 g/mol. The van der Waals surface area contributed by atoms with E-state index in [1.807, 2.05) is 6.07 Å². The number of carboxylic acid groups (broad SMARTS) is 1. The van der Waals surface area contributed by atoms with Gasteiger partial charge in [0.05, 0.1) is 35.5 Å². The number of hydrogen-bond donors (Lipinski definition) is 1. The maximum atomic E-state index is 13.6. The van der Waals surface area contributed by atoms with Crippen LogP contribution < -0.4 is 14.7 Å². The lowest BCUT2D eigenvalue weighted by Gasteiger charge is -2.42. The number of nitrogens with zero attached hydrogens (tertiary/aromatic N) is 6. The van der Waals surface area contributed by atoms with Crippen molar-refractivity contribution in [3.05, 3.63) is 59.0 Å². The monoisotopic (exact) mass is 526 g/mol. The van der Waals surface area contributed by atoms with Gasteiger partial charge in [0.1, 0.15) is 17.5 Å². The number of halogens is 2. The number of benzene rings is 1. The third-order valence-corrected chi connectivity index (χ3v) is 7.03. The lowest BCUT2D eigenvalue weighted by atomic mass is 10.1. The Balaban J connectivity index is 1.44. The second-order valence-corrected chi connectivity index (χ2v) is 9.77. The summed E-state index contributed by atoms with van der Waals surface area (Å²) in [5.41, 5.74) is 1.59. The van der Waals surface area contributed by atoms with Gasteiger partial charge in [-0.2, -0.15) is 4.98 Å². The Morgan fingerprint density at radius 2 is 1.86 bits per heavy atom. The third kappa shape index (κ3) is 5.30. The quantitative estimate of drug-likeness (QED) is 0.530. The summed E-state index contributed by atoms with van der Waals surface area (Å²) in [6.07, 6.45) is 1.33. The Morgan fingerprint density at radius 1 is 1.08 bits per heavy atom. The Kier molecular flexibility index (Phi) is 7.12. The van der Waals surface area contributed by atoms with Crippen molar-refractivity contribution in [1.29, 1.82) is 0 Å². The zero-order chi connectivity index (χ0) is 26.1. The fourth-order valence-corrected chi connectivity index (χ4v) is 5.05. The second kappa shape index (κ2) is 10.5. The normalized spacial score (nSPS) is 20.3. The van der Waals surface area contributed by atoms with Crippen LogP contribution in [0, 0.1) is 5.82 Å². The molecule has 1 N–H and O–H groups in total. The number of morpholine rings is 1. The standard InChI is InChI=1S/C26H28ClFN6O3/c1-16-14-32(24-21(27)11-19(13-29-24)25(35)36)7-8-33(16)23-12-22(18-3-5-20(28)6-4-18)30-26(31-23)34-9-10-37-15-17(34)2/h3-6,11-13,16-17H,7-10,14-15H2,1-2H3,(H,35,36)/t16-,17-/m1/s1. The van der Waals surface area contributed by atoms with Crippen LogP contribution >= 0.6 is 11.6 Å². The number of anilines is 3. The number of ether oxygens (including phenoxy) is 1. The largest absolute Gasteiger partial charge is 0.478 e. The highest BCUT2D eigenvalue weighted by atomic mass is 35.5. The van der Waals surface area contributed by atoms with Crippen LogP contribution in [0.4, 0.5) is 22.0 Å². The summed E-state index contributed by atoms with van der Waals surface area (Å²) in [6, 6.07) is 9.87. The van der Waals surface area contributed by atoms with Crippen LogP contribution in [0.15, 0.2) is 42.6 Å². The molecule has 3 aromatic rings. The van der Waals surface area contributed by atoms with Crippen molar-refractivity contribution in [3.63, 3.8) is 0 Å². The molecule has 194 valence electrons. The van der Waals surface area contributed by atoms with Gasteiger partial charge in [-0.05, 0) is 44.2 Å². The van der Waals surface area contributed by atoms with Gasteiger partial charge in [0.2, 0.25) is 5.95 Å². The molecular weight excluding hydrogens is 499 g/mol. The smallest absolute Gasteiger partial charge is 0.337 e. The Morgan fingerprint density at radius 3 is 2.54 bits per heavy atom. The zero-order valence-electron chi connectivity index (χ0n) is 20.6. The molecule has 11 heteroatoms. The van der Waals surface area contributed by atoms with Crippen molar-refractivity contribution in [2.75, 3.05) is 54.1 Å². The van der Waals surface area contributed by atoms with Crippen molar-refractivity contribution in [1.82, 2.24) is 15.0 Å². The van der Waals surface area contributed by atoms with Gasteiger partial charge in [0.25, 0.3) is 0 Å². The van der Waals surface area contributed by atoms with E-state index in [2.05, 4.69) is 33.5 Å². The number of aromatic carboxylic acids is 1. The molecule has 9 nitrogen and oxygen atoms in total. The van der Waals surface area contributed by atoms with Crippen LogP contribution in [0.5, 0.6) is 0 Å². The first-order valence-corrected chi connectivity index (χ1v) is 12.6. The highest BCUT2D eigenvalue weighted by molar-refractivity contribution is 6.33. The number of piperazine rings is 1. The number of carbonyl (C=O) groups is 1. The van der Waals surface area contributed by atoms with Crippen LogP contribution in [0.1, 0.15) is 24.2 Å². The molecule has 1 aromatic carbocycles. The molecule has 0 saturated carbocycles. The topological polar surface area (TPSA) is 94.9 Å². The molecule has 0 bridgehead atoms. The minimum Gasteiger partial charge on any atom is -0.478 e. The maximum Gasteiger partial charge on any atom is 0.337 e. The molecule has 2 saturated heterocycles. The number of aromatic nitrogens is 3. The lowest BCUT2D eigenvalue weighted by Crippen LogP contribution is -2.53. The van der Waals surface area contributed by atoms with Crippen LogP contribution in [-0.2, 0) is 4.74 Å². The van der Waals surface area contributed by atoms with Crippen LogP contribution in [0.3, 0.4) is 0 Å². The summed E-state index contributed by atoms with van der Waals surface area (Å²) < 4.78 is 19.2. The number of carboxylic acids is 1. The van der Waals surface area contributed by atoms with Crippen molar-refractivity contribution >= 4 is 35.2 Å². The summed E-state index contributed by atoms with van der Waals surface area (Å²) in [6.45, 7) is 7.98. The van der Waals surface area contributed by atoms with Gasteiger partial charge < -0.3 is 24.5 Å². The van der Waals surface area contributed by atoms with E-state index in [1.54, 1.807) is 12.1 Å². The second-order valence-electron chi connectivity index (χ2n) is 9.36. The van der Waals surface area contributed by atoms with Gasteiger partial charge in [-0.1, -0.05) is 11.6 Å². The molecule has 0 radical (unpaired) electrons. The van der Waals surface area contributed by atoms with Crippen molar-refractivity contribution in [2.45, 2.75) is 25.9 Å². The molecule has 0 unspecified atom stereocenters. The molecule has 2 aliphatic heterocycles.